The number of carbonyl (C=O) groups excluding carboxylic acids is 2. The van der Waals surface area contributed by atoms with Crippen LogP contribution in [-0.4, -0.2) is 45.8 Å². The van der Waals surface area contributed by atoms with E-state index in [1.807, 2.05) is 13.8 Å². The summed E-state index contributed by atoms with van der Waals surface area (Å²) in [5.41, 5.74) is 2.96. The highest BCUT2D eigenvalue weighted by Crippen LogP contribution is 2.20. The fourth-order valence-electron chi connectivity index (χ4n) is 3.74. The second-order valence-corrected chi connectivity index (χ2v) is 7.86. The van der Waals surface area contributed by atoms with Gasteiger partial charge in [0.1, 0.15) is 0 Å². The lowest BCUT2D eigenvalue weighted by Gasteiger charge is -2.32. The quantitative estimate of drug-likeness (QED) is 0.628. The second-order valence-electron chi connectivity index (χ2n) is 7.86. The molecular formula is C23H21F3N4O2. The molecule has 1 saturated heterocycles. The smallest absolute Gasteiger partial charge is 0.254 e. The van der Waals surface area contributed by atoms with Crippen LogP contribution in [0.2, 0.25) is 0 Å². The summed E-state index contributed by atoms with van der Waals surface area (Å²) >= 11 is 0. The Morgan fingerprint density at radius 2 is 1.59 bits per heavy atom. The third kappa shape index (κ3) is 4.15. The Labute approximate surface area is 182 Å². The second kappa shape index (κ2) is 8.57. The summed E-state index contributed by atoms with van der Waals surface area (Å²) in [6, 6.07) is 6.52. The molecular weight excluding hydrogens is 421 g/mol. The Bertz CT molecular complexity index is 1220. The maximum Gasteiger partial charge on any atom is 0.254 e. The van der Waals surface area contributed by atoms with E-state index in [4.69, 9.17) is 0 Å². The highest BCUT2D eigenvalue weighted by molar-refractivity contribution is 5.97. The molecule has 1 aliphatic heterocycles. The molecule has 32 heavy (non-hydrogen) atoms. The molecule has 9 heteroatoms. The van der Waals surface area contributed by atoms with Crippen molar-refractivity contribution in [3.05, 3.63) is 70.3 Å². The fourth-order valence-corrected chi connectivity index (χ4v) is 3.74. The van der Waals surface area contributed by atoms with Gasteiger partial charge in [-0.1, -0.05) is 0 Å². The van der Waals surface area contributed by atoms with Crippen molar-refractivity contribution >= 4 is 22.8 Å². The average Bonchev–Trinajstić information content (AvgIpc) is 2.78. The molecule has 0 saturated carbocycles. The van der Waals surface area contributed by atoms with Crippen LogP contribution in [0, 0.1) is 31.3 Å². The fraction of sp³-hybridized carbons (Fsp3) is 0.304. The van der Waals surface area contributed by atoms with Crippen LogP contribution in [0.4, 0.5) is 13.2 Å². The van der Waals surface area contributed by atoms with Gasteiger partial charge in [0.05, 0.1) is 28.0 Å². The van der Waals surface area contributed by atoms with Crippen molar-refractivity contribution in [2.45, 2.75) is 32.7 Å². The maximum absolute atomic E-state index is 13.8. The summed E-state index contributed by atoms with van der Waals surface area (Å²) in [5, 5.41) is 2.63. The molecule has 0 bridgehead atoms. The molecule has 6 nitrogen and oxygen atoms in total. The highest BCUT2D eigenvalue weighted by atomic mass is 19.2. The molecule has 4 rings (SSSR count). The van der Waals surface area contributed by atoms with Gasteiger partial charge in [-0.05, 0) is 57.0 Å². The lowest BCUT2D eigenvalue weighted by atomic mass is 10.0. The minimum absolute atomic E-state index is 0.150. The molecule has 1 N–H and O–H groups in total. The average molecular weight is 442 g/mol. The molecule has 1 aliphatic rings. The van der Waals surface area contributed by atoms with Crippen LogP contribution in [-0.2, 0) is 0 Å². The number of halogens is 3. The topological polar surface area (TPSA) is 75.2 Å². The molecule has 166 valence electrons. The Morgan fingerprint density at radius 1 is 0.938 bits per heavy atom. The number of aromatic nitrogens is 2. The van der Waals surface area contributed by atoms with Crippen molar-refractivity contribution < 1.29 is 22.8 Å². The van der Waals surface area contributed by atoms with Crippen molar-refractivity contribution in [2.24, 2.45) is 0 Å². The van der Waals surface area contributed by atoms with Crippen molar-refractivity contribution in [1.29, 1.82) is 0 Å². The summed E-state index contributed by atoms with van der Waals surface area (Å²) in [7, 11) is 0. The van der Waals surface area contributed by atoms with E-state index in [0.717, 1.165) is 23.0 Å². The number of nitrogens with one attached hydrogen (secondary N) is 1. The summed E-state index contributed by atoms with van der Waals surface area (Å²) in [6.07, 6.45) is 0.906. The van der Waals surface area contributed by atoms with Gasteiger partial charge in [0.2, 0.25) is 0 Å². The van der Waals surface area contributed by atoms with Crippen LogP contribution in [0.5, 0.6) is 0 Å². The molecule has 0 unspecified atom stereocenters. The van der Waals surface area contributed by atoms with E-state index in [0.29, 0.717) is 43.1 Å². The van der Waals surface area contributed by atoms with E-state index >= 15 is 0 Å². The minimum Gasteiger partial charge on any atom is -0.349 e. The van der Waals surface area contributed by atoms with E-state index in [2.05, 4.69) is 15.3 Å². The molecule has 0 radical (unpaired) electrons. The maximum atomic E-state index is 13.8. The zero-order valence-corrected chi connectivity index (χ0v) is 17.6. The third-order valence-corrected chi connectivity index (χ3v) is 5.72. The summed E-state index contributed by atoms with van der Waals surface area (Å²) in [5.74, 6) is -5.51. The van der Waals surface area contributed by atoms with Gasteiger partial charge < -0.3 is 10.2 Å². The van der Waals surface area contributed by atoms with E-state index < -0.39 is 28.9 Å². The Kier molecular flexibility index (Phi) is 5.82. The number of hydrogen-bond acceptors (Lipinski definition) is 4. The lowest BCUT2D eigenvalue weighted by molar-refractivity contribution is 0.0698. The minimum atomic E-state index is -1.68. The Morgan fingerprint density at radius 3 is 2.28 bits per heavy atom. The van der Waals surface area contributed by atoms with Crippen LogP contribution in [0.3, 0.4) is 0 Å². The summed E-state index contributed by atoms with van der Waals surface area (Å²) in [4.78, 5) is 35.8. The van der Waals surface area contributed by atoms with Gasteiger partial charge in [0, 0.05) is 24.7 Å². The molecule has 0 atom stereocenters. The third-order valence-electron chi connectivity index (χ3n) is 5.72. The molecule has 2 aromatic carbocycles. The first kappa shape index (κ1) is 21.7. The number of carbonyl (C=O) groups is 2. The number of rotatable bonds is 3. The molecule has 1 aromatic heterocycles. The molecule has 2 heterocycles. The zero-order valence-electron chi connectivity index (χ0n) is 17.6. The van der Waals surface area contributed by atoms with Crippen LogP contribution < -0.4 is 5.32 Å². The number of likely N-dealkylation sites (tertiary alicyclic amines) is 1. The zero-order chi connectivity index (χ0) is 23.0. The number of nitrogens with zero attached hydrogens (tertiary/aromatic N) is 3. The summed E-state index contributed by atoms with van der Waals surface area (Å²) in [6.45, 7) is 4.52. The number of benzene rings is 2. The van der Waals surface area contributed by atoms with E-state index in [1.54, 1.807) is 23.1 Å². The van der Waals surface area contributed by atoms with Crippen LogP contribution in [0.1, 0.15) is 44.9 Å². The normalized spacial score (nSPS) is 14.6. The van der Waals surface area contributed by atoms with E-state index in [1.165, 1.54) is 0 Å². The van der Waals surface area contributed by atoms with Crippen molar-refractivity contribution in [3.63, 3.8) is 0 Å². The first-order valence-electron chi connectivity index (χ1n) is 10.2. The number of piperidine rings is 1. The Balaban J connectivity index is 1.40. The molecule has 0 spiro atoms. The van der Waals surface area contributed by atoms with Crippen LogP contribution in [0.15, 0.2) is 30.3 Å². The number of fused-ring (bicyclic) bond motifs is 1. The highest BCUT2D eigenvalue weighted by Gasteiger charge is 2.27. The number of hydrogen-bond donors (Lipinski definition) is 1. The summed E-state index contributed by atoms with van der Waals surface area (Å²) < 4.78 is 40.3. The number of aryl methyl sites for hydroxylation is 2. The van der Waals surface area contributed by atoms with Gasteiger partial charge in [0.25, 0.3) is 11.8 Å². The monoisotopic (exact) mass is 442 g/mol. The SMILES string of the molecule is Cc1nc2ccc(C(=O)N3CCC(NC(=O)c4ccc(F)c(F)c4F)CC3)cc2nc1C. The predicted octanol–water partition coefficient (Wildman–Crippen LogP) is 3.70. The van der Waals surface area contributed by atoms with Gasteiger partial charge in [-0.15, -0.1) is 0 Å². The van der Waals surface area contributed by atoms with Crippen molar-refractivity contribution in [2.75, 3.05) is 13.1 Å². The first-order valence-corrected chi connectivity index (χ1v) is 10.2. The van der Waals surface area contributed by atoms with Crippen molar-refractivity contribution in [1.82, 2.24) is 20.2 Å². The molecule has 3 aromatic rings. The lowest BCUT2D eigenvalue weighted by Crippen LogP contribution is -2.46. The van der Waals surface area contributed by atoms with E-state index in [-0.39, 0.29) is 11.9 Å². The van der Waals surface area contributed by atoms with Gasteiger partial charge in [0.15, 0.2) is 17.5 Å². The molecule has 1 fully saturated rings. The van der Waals surface area contributed by atoms with Crippen LogP contribution >= 0.6 is 0 Å². The van der Waals surface area contributed by atoms with E-state index in [9.17, 15) is 22.8 Å². The van der Waals surface area contributed by atoms with Crippen LogP contribution in [0.25, 0.3) is 11.0 Å². The molecule has 0 aliphatic carbocycles. The Hall–Kier alpha value is -3.49. The van der Waals surface area contributed by atoms with Gasteiger partial charge in [-0.3, -0.25) is 9.59 Å². The van der Waals surface area contributed by atoms with Gasteiger partial charge in [-0.25, -0.2) is 23.1 Å². The van der Waals surface area contributed by atoms with Gasteiger partial charge >= 0.3 is 0 Å². The largest absolute Gasteiger partial charge is 0.349 e. The van der Waals surface area contributed by atoms with Crippen molar-refractivity contribution in [3.8, 4) is 0 Å². The molecule has 2 amide bonds. The predicted molar refractivity (Wildman–Crippen MR) is 112 cm³/mol. The van der Waals surface area contributed by atoms with Gasteiger partial charge in [-0.2, -0.15) is 0 Å². The number of amides is 2. The first-order chi connectivity index (χ1) is 15.2. The standard InChI is InChI=1S/C23H21F3N4O2/c1-12-13(2)28-19-11-14(3-6-18(19)27-12)23(32)30-9-7-15(8-10-30)29-22(31)16-4-5-17(24)21(26)20(16)25/h3-6,11,15H,7-10H2,1-2H3,(H,29,31).